The first-order valence-corrected chi connectivity index (χ1v) is 11.4. The summed E-state index contributed by atoms with van der Waals surface area (Å²) in [5.41, 5.74) is 3.03. The second kappa shape index (κ2) is 9.08. The van der Waals surface area contributed by atoms with Crippen LogP contribution >= 0.6 is 27.3 Å². The van der Waals surface area contributed by atoms with Gasteiger partial charge < -0.3 is 13.7 Å². The van der Waals surface area contributed by atoms with Crippen molar-refractivity contribution >= 4 is 33.2 Å². The van der Waals surface area contributed by atoms with Crippen molar-refractivity contribution in [1.82, 2.24) is 20.3 Å². The smallest absolute Gasteiger partial charge is 0.338 e. The first-order chi connectivity index (χ1) is 16.0. The van der Waals surface area contributed by atoms with Gasteiger partial charge in [0.2, 0.25) is 17.6 Å². The van der Waals surface area contributed by atoms with Crippen molar-refractivity contribution < 1.29 is 18.5 Å². The Labute approximate surface area is 200 Å². The second-order valence-corrected chi connectivity index (χ2v) is 9.51. The molecule has 0 saturated heterocycles. The van der Waals surface area contributed by atoms with Crippen molar-refractivity contribution in [3.05, 3.63) is 81.5 Å². The number of aromatic nitrogens is 4. The van der Waals surface area contributed by atoms with Crippen LogP contribution in [-0.2, 0) is 11.3 Å². The number of hydrogen-bond acceptors (Lipinski definition) is 9. The Balaban J connectivity index is 1.23. The Morgan fingerprint density at radius 3 is 2.55 bits per heavy atom. The third kappa shape index (κ3) is 4.76. The Hall–Kier alpha value is -3.63. The Bertz CT molecular complexity index is 1420. The van der Waals surface area contributed by atoms with E-state index in [9.17, 15) is 4.79 Å². The maximum absolute atomic E-state index is 12.4. The third-order valence-electron chi connectivity index (χ3n) is 4.65. The van der Waals surface area contributed by atoms with E-state index in [0.29, 0.717) is 28.7 Å². The highest BCUT2D eigenvalue weighted by atomic mass is 79.9. The molecule has 164 valence electrons. The van der Waals surface area contributed by atoms with Gasteiger partial charge in [-0.05, 0) is 71.4 Å². The Morgan fingerprint density at radius 2 is 1.82 bits per heavy atom. The van der Waals surface area contributed by atoms with Gasteiger partial charge in [0.05, 0.1) is 14.2 Å². The summed E-state index contributed by atoms with van der Waals surface area (Å²) in [4.78, 5) is 17.5. The average molecular weight is 523 g/mol. The van der Waals surface area contributed by atoms with Gasteiger partial charge in [0.25, 0.3) is 5.89 Å². The average Bonchev–Trinajstić information content (AvgIpc) is 3.58. The van der Waals surface area contributed by atoms with Crippen LogP contribution in [0.1, 0.15) is 21.8 Å². The van der Waals surface area contributed by atoms with E-state index >= 15 is 0 Å². The lowest BCUT2D eigenvalue weighted by atomic mass is 10.1. The van der Waals surface area contributed by atoms with E-state index in [4.69, 9.17) is 13.7 Å². The van der Waals surface area contributed by atoms with E-state index in [-0.39, 0.29) is 12.5 Å². The van der Waals surface area contributed by atoms with Gasteiger partial charge in [0, 0.05) is 11.1 Å². The van der Waals surface area contributed by atoms with Gasteiger partial charge in [-0.2, -0.15) is 4.98 Å². The number of benzene rings is 2. The highest BCUT2D eigenvalue weighted by Crippen LogP contribution is 2.29. The summed E-state index contributed by atoms with van der Waals surface area (Å²) in [6, 6.07) is 18.3. The molecule has 0 aliphatic heterocycles. The molecular formula is C23H15BrN4O4S. The monoisotopic (exact) mass is 522 g/mol. The first kappa shape index (κ1) is 21.2. The predicted molar refractivity (Wildman–Crippen MR) is 124 cm³/mol. The highest BCUT2D eigenvalue weighted by molar-refractivity contribution is 9.11. The summed E-state index contributed by atoms with van der Waals surface area (Å²) >= 11 is 4.88. The molecule has 0 radical (unpaired) electrons. The molecule has 0 bridgehead atoms. The molecule has 0 spiro atoms. The quantitative estimate of drug-likeness (QED) is 0.252. The molecule has 3 heterocycles. The van der Waals surface area contributed by atoms with Gasteiger partial charge >= 0.3 is 5.97 Å². The molecule has 0 unspecified atom stereocenters. The molecule has 0 aliphatic carbocycles. The minimum Gasteiger partial charge on any atom is -0.452 e. The van der Waals surface area contributed by atoms with Crippen LogP contribution < -0.4 is 0 Å². The molecule has 0 fully saturated rings. The van der Waals surface area contributed by atoms with Crippen LogP contribution in [0.5, 0.6) is 0 Å². The standard InChI is InChI=1S/C23H15BrN4O4S/c1-13-3-2-4-16(11-13)22-27-26-21(31-22)14-5-7-15(8-6-14)23(29)30-12-19-25-20(28-32-19)17-9-10-18(24)33-17/h2-11H,12H2,1H3. The lowest BCUT2D eigenvalue weighted by Crippen LogP contribution is -2.05. The number of thiophene rings is 1. The van der Waals surface area contributed by atoms with E-state index in [1.54, 1.807) is 24.3 Å². The molecule has 2 aromatic carbocycles. The summed E-state index contributed by atoms with van der Waals surface area (Å²) in [6.07, 6.45) is 0. The Morgan fingerprint density at radius 1 is 1.03 bits per heavy atom. The third-order valence-corrected chi connectivity index (χ3v) is 6.27. The number of carbonyl (C=O) groups is 1. The fourth-order valence-electron chi connectivity index (χ4n) is 3.04. The normalized spacial score (nSPS) is 11.0. The fourth-order valence-corrected chi connectivity index (χ4v) is 4.35. The minimum atomic E-state index is -0.508. The number of nitrogens with zero attached hydrogens (tertiary/aromatic N) is 4. The zero-order valence-electron chi connectivity index (χ0n) is 17.2. The van der Waals surface area contributed by atoms with E-state index in [0.717, 1.165) is 19.8 Å². The van der Waals surface area contributed by atoms with Crippen molar-refractivity contribution in [3.8, 4) is 33.6 Å². The molecule has 5 aromatic rings. The van der Waals surface area contributed by atoms with Crippen molar-refractivity contribution in [2.24, 2.45) is 0 Å². The lowest BCUT2D eigenvalue weighted by Gasteiger charge is -2.02. The largest absolute Gasteiger partial charge is 0.452 e. The number of esters is 1. The number of carbonyl (C=O) groups excluding carboxylic acids is 1. The van der Waals surface area contributed by atoms with Crippen molar-refractivity contribution in [2.75, 3.05) is 0 Å². The van der Waals surface area contributed by atoms with Gasteiger partial charge in [-0.25, -0.2) is 4.79 Å². The van der Waals surface area contributed by atoms with Gasteiger partial charge in [-0.3, -0.25) is 0 Å². The second-order valence-electron chi connectivity index (χ2n) is 7.05. The summed E-state index contributed by atoms with van der Waals surface area (Å²) < 4.78 is 17.2. The lowest BCUT2D eigenvalue weighted by molar-refractivity contribution is 0.0430. The molecule has 8 nitrogen and oxygen atoms in total. The van der Waals surface area contributed by atoms with Gasteiger partial charge in [0.1, 0.15) is 0 Å². The number of hydrogen-bond donors (Lipinski definition) is 0. The van der Waals surface area contributed by atoms with Crippen molar-refractivity contribution in [1.29, 1.82) is 0 Å². The molecule has 3 aromatic heterocycles. The molecule has 10 heteroatoms. The molecule has 5 rings (SSSR count). The molecule has 33 heavy (non-hydrogen) atoms. The van der Waals surface area contributed by atoms with Crippen LogP contribution in [-0.4, -0.2) is 26.3 Å². The van der Waals surface area contributed by atoms with E-state index in [2.05, 4.69) is 36.3 Å². The fraction of sp³-hybridized carbons (Fsp3) is 0.0870. The molecule has 0 aliphatic rings. The van der Waals surface area contributed by atoms with Gasteiger partial charge in [-0.15, -0.1) is 21.5 Å². The van der Waals surface area contributed by atoms with Crippen LogP contribution in [0.3, 0.4) is 0 Å². The molecule has 0 atom stereocenters. The van der Waals surface area contributed by atoms with Gasteiger partial charge in [-0.1, -0.05) is 22.9 Å². The number of halogens is 1. The SMILES string of the molecule is Cc1cccc(-c2nnc(-c3ccc(C(=O)OCc4nc(-c5ccc(Br)s5)no4)cc3)o2)c1. The number of aryl methyl sites for hydroxylation is 1. The maximum atomic E-state index is 12.4. The van der Waals surface area contributed by atoms with E-state index in [1.807, 2.05) is 43.3 Å². The summed E-state index contributed by atoms with van der Waals surface area (Å²) in [5, 5.41) is 12.1. The van der Waals surface area contributed by atoms with Crippen LogP contribution in [0.4, 0.5) is 0 Å². The zero-order valence-corrected chi connectivity index (χ0v) is 19.6. The van der Waals surface area contributed by atoms with Crippen molar-refractivity contribution in [3.63, 3.8) is 0 Å². The van der Waals surface area contributed by atoms with Crippen LogP contribution in [0.15, 0.2) is 73.4 Å². The topological polar surface area (TPSA) is 104 Å². The summed E-state index contributed by atoms with van der Waals surface area (Å²) in [5.74, 6) is 0.960. The highest BCUT2D eigenvalue weighted by Gasteiger charge is 2.15. The first-order valence-electron chi connectivity index (χ1n) is 9.81. The number of ether oxygens (including phenoxy) is 1. The summed E-state index contributed by atoms with van der Waals surface area (Å²) in [7, 11) is 0. The minimum absolute atomic E-state index is 0.121. The zero-order chi connectivity index (χ0) is 22.8. The van der Waals surface area contributed by atoms with E-state index < -0.39 is 5.97 Å². The van der Waals surface area contributed by atoms with E-state index in [1.165, 1.54) is 11.3 Å². The predicted octanol–water partition coefficient (Wildman–Crippen LogP) is 5.94. The van der Waals surface area contributed by atoms with Crippen LogP contribution in [0.25, 0.3) is 33.6 Å². The van der Waals surface area contributed by atoms with Crippen molar-refractivity contribution in [2.45, 2.75) is 13.5 Å². The van der Waals surface area contributed by atoms with Crippen LogP contribution in [0, 0.1) is 6.92 Å². The van der Waals surface area contributed by atoms with Crippen LogP contribution in [0.2, 0.25) is 0 Å². The maximum Gasteiger partial charge on any atom is 0.338 e. The molecular weight excluding hydrogens is 508 g/mol. The number of rotatable bonds is 6. The Kier molecular flexibility index (Phi) is 5.84. The molecule has 0 amide bonds. The molecule has 0 saturated carbocycles. The molecule has 0 N–H and O–H groups in total. The summed E-state index contributed by atoms with van der Waals surface area (Å²) in [6.45, 7) is 1.88. The van der Waals surface area contributed by atoms with Gasteiger partial charge in [0.15, 0.2) is 6.61 Å².